The van der Waals surface area contributed by atoms with E-state index in [9.17, 15) is 4.39 Å². The molecule has 1 aliphatic heterocycles. The van der Waals surface area contributed by atoms with Crippen molar-refractivity contribution >= 4 is 23.2 Å². The van der Waals surface area contributed by atoms with Crippen molar-refractivity contribution in [2.45, 2.75) is 13.1 Å². The molecule has 0 amide bonds. The first kappa shape index (κ1) is 16.7. The second-order valence-corrected chi connectivity index (χ2v) is 6.70. The highest BCUT2D eigenvalue weighted by atomic mass is 35.5. The van der Waals surface area contributed by atoms with Crippen molar-refractivity contribution < 1.29 is 4.39 Å². The SMILES string of the molecule is Fc1cccc(CN2CCN(Cc3c(Cl)cccc3Cl)CC2)c1. The van der Waals surface area contributed by atoms with Gasteiger partial charge >= 0.3 is 0 Å². The van der Waals surface area contributed by atoms with Crippen molar-refractivity contribution in [2.75, 3.05) is 26.2 Å². The molecule has 0 saturated carbocycles. The van der Waals surface area contributed by atoms with Crippen LogP contribution in [-0.2, 0) is 13.1 Å². The van der Waals surface area contributed by atoms with E-state index in [-0.39, 0.29) is 5.82 Å². The van der Waals surface area contributed by atoms with Crippen LogP contribution in [0.25, 0.3) is 0 Å². The van der Waals surface area contributed by atoms with E-state index in [1.54, 1.807) is 12.1 Å². The molecule has 2 nitrogen and oxygen atoms in total. The number of piperazine rings is 1. The first-order valence-corrected chi connectivity index (χ1v) is 8.49. The van der Waals surface area contributed by atoms with Crippen molar-refractivity contribution in [3.8, 4) is 0 Å². The molecule has 1 saturated heterocycles. The van der Waals surface area contributed by atoms with Crippen molar-refractivity contribution in [1.29, 1.82) is 0 Å². The van der Waals surface area contributed by atoms with Gasteiger partial charge in [0, 0.05) is 54.9 Å². The molecule has 1 aliphatic rings. The average molecular weight is 353 g/mol. The van der Waals surface area contributed by atoms with Gasteiger partial charge in [-0.1, -0.05) is 41.4 Å². The van der Waals surface area contributed by atoms with Gasteiger partial charge in [0.25, 0.3) is 0 Å². The molecule has 0 aliphatic carbocycles. The van der Waals surface area contributed by atoms with Crippen LogP contribution in [0.15, 0.2) is 42.5 Å². The molecule has 1 heterocycles. The molecule has 2 aromatic rings. The van der Waals surface area contributed by atoms with Crippen molar-refractivity contribution in [3.05, 3.63) is 69.5 Å². The Kier molecular flexibility index (Phi) is 5.54. The van der Waals surface area contributed by atoms with E-state index in [1.807, 2.05) is 24.3 Å². The zero-order valence-electron chi connectivity index (χ0n) is 12.8. The van der Waals surface area contributed by atoms with Gasteiger partial charge in [0.2, 0.25) is 0 Å². The minimum Gasteiger partial charge on any atom is -0.297 e. The average Bonchev–Trinajstić information content (AvgIpc) is 2.53. The Bertz CT molecular complexity index is 650. The number of halogens is 3. The van der Waals surface area contributed by atoms with E-state index in [0.717, 1.165) is 60.4 Å². The van der Waals surface area contributed by atoms with Crippen LogP contribution in [-0.4, -0.2) is 36.0 Å². The van der Waals surface area contributed by atoms with Crippen molar-refractivity contribution in [1.82, 2.24) is 9.80 Å². The second kappa shape index (κ2) is 7.63. The predicted molar refractivity (Wildman–Crippen MR) is 93.4 cm³/mol. The van der Waals surface area contributed by atoms with Gasteiger partial charge < -0.3 is 0 Å². The van der Waals surface area contributed by atoms with Crippen LogP contribution >= 0.6 is 23.2 Å². The van der Waals surface area contributed by atoms with E-state index in [1.165, 1.54) is 6.07 Å². The molecule has 0 bridgehead atoms. The van der Waals surface area contributed by atoms with Crippen LogP contribution in [0.2, 0.25) is 10.0 Å². The minimum atomic E-state index is -0.172. The summed E-state index contributed by atoms with van der Waals surface area (Å²) in [6.07, 6.45) is 0. The minimum absolute atomic E-state index is 0.172. The van der Waals surface area contributed by atoms with E-state index in [2.05, 4.69) is 9.80 Å². The largest absolute Gasteiger partial charge is 0.297 e. The fourth-order valence-electron chi connectivity index (χ4n) is 2.91. The van der Waals surface area contributed by atoms with Gasteiger partial charge in [0.15, 0.2) is 0 Å². The Morgan fingerprint density at radius 1 is 0.826 bits per heavy atom. The van der Waals surface area contributed by atoms with Crippen LogP contribution in [0.1, 0.15) is 11.1 Å². The van der Waals surface area contributed by atoms with Crippen molar-refractivity contribution in [3.63, 3.8) is 0 Å². The third kappa shape index (κ3) is 4.45. The molecule has 2 aromatic carbocycles. The maximum Gasteiger partial charge on any atom is 0.123 e. The highest BCUT2D eigenvalue weighted by Gasteiger charge is 2.19. The lowest BCUT2D eigenvalue weighted by Gasteiger charge is -2.35. The van der Waals surface area contributed by atoms with Gasteiger partial charge in [0.1, 0.15) is 5.82 Å². The summed E-state index contributed by atoms with van der Waals surface area (Å²) in [5, 5.41) is 1.44. The summed E-state index contributed by atoms with van der Waals surface area (Å²) in [5.41, 5.74) is 2.02. The number of rotatable bonds is 4. The maximum atomic E-state index is 13.2. The maximum absolute atomic E-state index is 13.2. The van der Waals surface area contributed by atoms with Gasteiger partial charge in [-0.2, -0.15) is 0 Å². The lowest BCUT2D eigenvalue weighted by Crippen LogP contribution is -2.45. The molecule has 0 unspecified atom stereocenters. The topological polar surface area (TPSA) is 6.48 Å². The summed E-state index contributed by atoms with van der Waals surface area (Å²) in [4.78, 5) is 4.70. The normalized spacial score (nSPS) is 16.7. The summed E-state index contributed by atoms with van der Waals surface area (Å²) in [7, 11) is 0. The molecule has 5 heteroatoms. The molecule has 0 atom stereocenters. The third-order valence-electron chi connectivity index (χ3n) is 4.20. The molecule has 0 radical (unpaired) electrons. The predicted octanol–water partition coefficient (Wildman–Crippen LogP) is 4.45. The number of nitrogens with zero attached hydrogens (tertiary/aromatic N) is 2. The lowest BCUT2D eigenvalue weighted by atomic mass is 10.1. The number of hydrogen-bond acceptors (Lipinski definition) is 2. The van der Waals surface area contributed by atoms with Crippen LogP contribution in [0.4, 0.5) is 4.39 Å². The Hall–Kier alpha value is -1.13. The lowest BCUT2D eigenvalue weighted by molar-refractivity contribution is 0.122. The first-order valence-electron chi connectivity index (χ1n) is 7.74. The van der Waals surface area contributed by atoms with Gasteiger partial charge in [-0.15, -0.1) is 0 Å². The molecule has 0 N–H and O–H groups in total. The molecule has 23 heavy (non-hydrogen) atoms. The van der Waals surface area contributed by atoms with E-state index >= 15 is 0 Å². The Balaban J connectivity index is 1.54. The van der Waals surface area contributed by atoms with Gasteiger partial charge in [-0.25, -0.2) is 4.39 Å². The second-order valence-electron chi connectivity index (χ2n) is 5.88. The fraction of sp³-hybridized carbons (Fsp3) is 0.333. The van der Waals surface area contributed by atoms with Gasteiger partial charge in [0.05, 0.1) is 0 Å². The first-order chi connectivity index (χ1) is 11.1. The third-order valence-corrected chi connectivity index (χ3v) is 4.91. The van der Waals surface area contributed by atoms with E-state index in [4.69, 9.17) is 23.2 Å². The Morgan fingerprint density at radius 3 is 2.00 bits per heavy atom. The zero-order chi connectivity index (χ0) is 16.2. The summed E-state index contributed by atoms with van der Waals surface area (Å²) in [6.45, 7) is 5.38. The highest BCUT2D eigenvalue weighted by Crippen LogP contribution is 2.26. The molecule has 122 valence electrons. The fourth-order valence-corrected chi connectivity index (χ4v) is 3.42. The molecule has 1 fully saturated rings. The summed E-state index contributed by atoms with van der Waals surface area (Å²) in [6, 6.07) is 12.4. The summed E-state index contributed by atoms with van der Waals surface area (Å²) in [5.74, 6) is -0.172. The molecule has 0 spiro atoms. The Morgan fingerprint density at radius 2 is 1.39 bits per heavy atom. The standard InChI is InChI=1S/C18H19Cl2FN2/c19-17-5-2-6-18(20)16(17)13-23-9-7-22(8-10-23)12-14-3-1-4-15(21)11-14/h1-6,11H,7-10,12-13H2. The molecule has 3 rings (SSSR count). The summed E-state index contributed by atoms with van der Waals surface area (Å²) < 4.78 is 13.2. The van der Waals surface area contributed by atoms with Gasteiger partial charge in [-0.3, -0.25) is 9.80 Å². The van der Waals surface area contributed by atoms with Gasteiger partial charge in [-0.05, 0) is 29.8 Å². The van der Waals surface area contributed by atoms with Crippen LogP contribution in [0.3, 0.4) is 0 Å². The monoisotopic (exact) mass is 352 g/mol. The van der Waals surface area contributed by atoms with E-state index in [0.29, 0.717) is 0 Å². The number of hydrogen-bond donors (Lipinski definition) is 0. The van der Waals surface area contributed by atoms with Crippen LogP contribution < -0.4 is 0 Å². The molecule has 0 aromatic heterocycles. The quantitative estimate of drug-likeness (QED) is 0.801. The molecular formula is C18H19Cl2FN2. The summed E-state index contributed by atoms with van der Waals surface area (Å²) >= 11 is 12.5. The highest BCUT2D eigenvalue weighted by molar-refractivity contribution is 6.35. The van der Waals surface area contributed by atoms with E-state index < -0.39 is 0 Å². The van der Waals surface area contributed by atoms with Crippen LogP contribution in [0, 0.1) is 5.82 Å². The van der Waals surface area contributed by atoms with Crippen molar-refractivity contribution in [2.24, 2.45) is 0 Å². The number of benzene rings is 2. The Labute approximate surface area is 146 Å². The smallest absolute Gasteiger partial charge is 0.123 e. The zero-order valence-corrected chi connectivity index (χ0v) is 14.3. The van der Waals surface area contributed by atoms with Crippen LogP contribution in [0.5, 0.6) is 0 Å². The molecular weight excluding hydrogens is 334 g/mol.